The van der Waals surface area contributed by atoms with Crippen LogP contribution in [0.5, 0.6) is 11.5 Å². The monoisotopic (exact) mass is 1260 g/mol. The third-order valence-corrected chi connectivity index (χ3v) is 15.5. The zero-order valence-corrected chi connectivity index (χ0v) is 50.9. The van der Waals surface area contributed by atoms with E-state index in [0.29, 0.717) is 34.4 Å². The van der Waals surface area contributed by atoms with Crippen LogP contribution in [0.15, 0.2) is 206 Å². The molecule has 3 heterocycles. The van der Waals surface area contributed by atoms with Crippen molar-refractivity contribution in [2.24, 2.45) is 5.92 Å². The van der Waals surface area contributed by atoms with Crippen LogP contribution in [0.4, 0.5) is 22.7 Å². The normalized spacial score (nSPS) is 13.6. The fourth-order valence-electron chi connectivity index (χ4n) is 11.2. The van der Waals surface area contributed by atoms with Crippen molar-refractivity contribution in [2.45, 2.75) is 98.8 Å². The first kappa shape index (κ1) is 49.8. The third-order valence-electron chi connectivity index (χ3n) is 15.5. The number of rotatable bonds is 11. The first-order valence-corrected chi connectivity index (χ1v) is 28.2. The maximum absolute atomic E-state index is 9.41. The van der Waals surface area contributed by atoms with Gasteiger partial charge >= 0.3 is 0 Å². The second kappa shape index (κ2) is 22.1. The van der Waals surface area contributed by atoms with Gasteiger partial charge < -0.3 is 19.1 Å². The van der Waals surface area contributed by atoms with Crippen LogP contribution in [0.3, 0.4) is 0 Å². The van der Waals surface area contributed by atoms with E-state index in [1.807, 2.05) is 67.5 Å². The Morgan fingerprint density at radius 1 is 0.524 bits per heavy atom. The van der Waals surface area contributed by atoms with E-state index in [1.54, 1.807) is 0 Å². The Hall–Kier alpha value is -7.98. The molecule has 0 unspecified atom stereocenters. The Labute approximate surface area is 507 Å². The van der Waals surface area contributed by atoms with Crippen molar-refractivity contribution in [1.82, 2.24) is 9.55 Å². The zero-order valence-electron chi connectivity index (χ0n) is 53.6. The topological polar surface area (TPSA) is 33.5 Å². The maximum Gasteiger partial charge on any atom is 0.135 e. The Kier molecular flexibility index (Phi) is 13.4. The molecule has 0 spiro atoms. The molecule has 12 rings (SSSR count). The van der Waals surface area contributed by atoms with E-state index in [-0.39, 0.29) is 55.0 Å². The third kappa shape index (κ3) is 11.0. The number of pyridine rings is 1. The van der Waals surface area contributed by atoms with Crippen molar-refractivity contribution < 1.29 is 32.7 Å². The van der Waals surface area contributed by atoms with Crippen molar-refractivity contribution in [1.29, 1.82) is 0 Å². The Bertz CT molecular complexity index is 4380. The molecule has 0 N–H and O–H groups in total. The molecular formula is C76H71N4OPt-3. The number of nitrogens with zero attached hydrogens (tertiary/aromatic N) is 4. The Balaban J connectivity index is 0.00000784. The molecule has 0 saturated carbocycles. The Morgan fingerprint density at radius 3 is 1.87 bits per heavy atom. The molecule has 414 valence electrons. The van der Waals surface area contributed by atoms with Gasteiger partial charge in [0.05, 0.1) is 6.85 Å². The summed E-state index contributed by atoms with van der Waals surface area (Å²) in [6, 6.07) is 64.3. The van der Waals surface area contributed by atoms with Crippen molar-refractivity contribution in [3.05, 3.63) is 247 Å². The Morgan fingerprint density at radius 2 is 1.17 bits per heavy atom. The second-order valence-electron chi connectivity index (χ2n) is 25.0. The van der Waals surface area contributed by atoms with Gasteiger partial charge in [0.1, 0.15) is 5.82 Å². The smallest absolute Gasteiger partial charge is 0.135 e. The molecule has 9 aromatic carbocycles. The van der Waals surface area contributed by atoms with Gasteiger partial charge in [-0.15, -0.1) is 48.1 Å². The number of benzene rings is 9. The minimum Gasteiger partial charge on any atom is -0.509 e. The van der Waals surface area contributed by atoms with Crippen LogP contribution in [0.25, 0.3) is 72.1 Å². The molecule has 0 fully saturated rings. The zero-order chi connectivity index (χ0) is 60.7. The first-order chi connectivity index (χ1) is 40.9. The molecule has 0 atom stereocenters. The second-order valence-corrected chi connectivity index (χ2v) is 25.0. The number of aromatic nitrogens is 2. The van der Waals surface area contributed by atoms with Gasteiger partial charge in [-0.05, 0) is 108 Å². The molecule has 2 aromatic heterocycles. The molecular weight excluding hydrogens is 1180 g/mol. The van der Waals surface area contributed by atoms with Gasteiger partial charge in [-0.1, -0.05) is 227 Å². The maximum atomic E-state index is 9.41. The summed E-state index contributed by atoms with van der Waals surface area (Å²) in [5, 5.41) is 2.12. The summed E-state index contributed by atoms with van der Waals surface area (Å²) in [5.41, 5.74) is 16.0. The van der Waals surface area contributed by atoms with Crippen LogP contribution in [0.2, 0.25) is 0 Å². The molecule has 0 bridgehead atoms. The van der Waals surface area contributed by atoms with Crippen LogP contribution in [-0.2, 0) is 43.7 Å². The first-order valence-electron chi connectivity index (χ1n) is 30.7. The van der Waals surface area contributed by atoms with Gasteiger partial charge in [0.25, 0.3) is 0 Å². The van der Waals surface area contributed by atoms with Crippen molar-refractivity contribution in [3.8, 4) is 61.8 Å². The summed E-state index contributed by atoms with van der Waals surface area (Å²) in [7, 11) is 0. The molecule has 0 aliphatic carbocycles. The van der Waals surface area contributed by atoms with Crippen LogP contribution in [0, 0.1) is 24.7 Å². The molecule has 82 heavy (non-hydrogen) atoms. The molecule has 11 aromatic rings. The van der Waals surface area contributed by atoms with Gasteiger partial charge in [0, 0.05) is 78.0 Å². The van der Waals surface area contributed by atoms with Crippen molar-refractivity contribution in [2.75, 3.05) is 9.80 Å². The molecule has 5 nitrogen and oxygen atoms in total. The minimum atomic E-state index is -0.445. The van der Waals surface area contributed by atoms with Crippen molar-refractivity contribution >= 4 is 44.6 Å². The van der Waals surface area contributed by atoms with Crippen LogP contribution in [0.1, 0.15) is 105 Å². The van der Waals surface area contributed by atoms with E-state index in [1.165, 1.54) is 11.1 Å². The van der Waals surface area contributed by atoms with E-state index in [0.717, 1.165) is 89.9 Å². The van der Waals surface area contributed by atoms with E-state index in [4.69, 9.17) is 13.8 Å². The molecule has 1 aliphatic rings. The molecule has 0 radical (unpaired) electrons. The van der Waals surface area contributed by atoms with Gasteiger partial charge in [-0.25, -0.2) is 4.98 Å². The number of fused-ring (bicyclic) bond motifs is 4. The summed E-state index contributed by atoms with van der Waals surface area (Å²) in [6.07, 6.45) is 2.91. The summed E-state index contributed by atoms with van der Waals surface area (Å²) >= 11 is 0. The number of ether oxygens (including phenoxy) is 1. The largest absolute Gasteiger partial charge is 0.509 e. The predicted octanol–water partition coefficient (Wildman–Crippen LogP) is 20.7. The fraction of sp³-hybridized carbons (Fsp3) is 0.211. The van der Waals surface area contributed by atoms with Crippen LogP contribution < -0.4 is 14.5 Å². The van der Waals surface area contributed by atoms with Gasteiger partial charge in [-0.2, -0.15) is 12.1 Å². The van der Waals surface area contributed by atoms with Crippen molar-refractivity contribution in [3.63, 3.8) is 0 Å². The number of anilines is 4. The van der Waals surface area contributed by atoms with Gasteiger partial charge in [-0.3, -0.25) is 0 Å². The summed E-state index contributed by atoms with van der Waals surface area (Å²) in [6.45, 7) is 26.6. The molecule has 0 saturated heterocycles. The average Bonchev–Trinajstić information content (AvgIpc) is 1.76. The fourth-order valence-corrected chi connectivity index (χ4v) is 11.2. The average molecular weight is 1260 g/mol. The molecule has 1 aliphatic heterocycles. The quantitative estimate of drug-likeness (QED) is 0.121. The minimum absolute atomic E-state index is 0. The predicted molar refractivity (Wildman–Crippen MR) is 341 cm³/mol. The van der Waals surface area contributed by atoms with Gasteiger partial charge in [0.2, 0.25) is 0 Å². The van der Waals surface area contributed by atoms with E-state index in [2.05, 4.69) is 218 Å². The summed E-state index contributed by atoms with van der Waals surface area (Å²) in [4.78, 5) is 9.41. The standard InChI is InChI=1S/C76H71N4O.Pt/c1-50(2)40-55-44-72(77-48-67(55)53-32-35-57(36-33-53)74(3,4)5)80-68-31-19-18-28-65(68)66-38-37-62(47-70(66)80)81-61-27-20-26-60(46-61)78-49-79(71-43-54(34-39-69(71)78)51-22-14-12-15-23-51)73-63(52-24-16-13-17-25-52)29-21-30-64(73)56-41-58(75(6,7)8)45-59(42-56)76(9,10)11;/h12-39,41-45,48-50H,40H2,1-11H3;/q-3;/i13D,16D,17D,24D,25D;. The van der Waals surface area contributed by atoms with E-state index in [9.17, 15) is 2.74 Å². The number of para-hydroxylation sites is 2. The van der Waals surface area contributed by atoms with Crippen LogP contribution in [-0.4, -0.2) is 9.55 Å². The number of hydrogen-bond acceptors (Lipinski definition) is 4. The van der Waals surface area contributed by atoms with Gasteiger partial charge in [0.15, 0.2) is 0 Å². The SMILES string of the molecule is [2H]c1c([2H])c([2H])c(-c2cccc(-c3cc(C(C)(C)C)cc(C(C)(C)C)c3)c2N2[CH-]N(c3[c-]c(Oc4[c-]c5c(cc4)c4ccccc4n5-c4cc(CC(C)C)c(-c5ccc(C(C)(C)C)cc5)cn4)ccc3)c3ccc(-c4ccccc4)cc32)c([2H])c1[2H].[Pt]. The molecule has 6 heteroatoms. The van der Waals surface area contributed by atoms with E-state index >= 15 is 0 Å². The number of hydrogen-bond donors (Lipinski definition) is 0. The summed E-state index contributed by atoms with van der Waals surface area (Å²) in [5.74, 6) is 2.21. The van der Waals surface area contributed by atoms with E-state index < -0.39 is 18.1 Å². The molecule has 0 amide bonds. The van der Waals surface area contributed by atoms with Crippen LogP contribution >= 0.6 is 0 Å². The summed E-state index contributed by atoms with van der Waals surface area (Å²) < 4.78 is 54.3.